The number of benzene rings is 1. The first-order valence-corrected chi connectivity index (χ1v) is 7.84. The summed E-state index contributed by atoms with van der Waals surface area (Å²) in [6, 6.07) is 13.0. The number of carbonyl (C=O) groups excluding carboxylic acids is 2. The SMILES string of the molecule is CNC(=O)c1cc(C(=O)Cc2ncco2)cc(Cc2ccccc2)n1. The number of aromatic nitrogens is 2. The van der Waals surface area contributed by atoms with E-state index in [4.69, 9.17) is 4.42 Å². The van der Waals surface area contributed by atoms with Crippen molar-refractivity contribution in [2.75, 3.05) is 7.05 Å². The van der Waals surface area contributed by atoms with Crippen LogP contribution in [0.4, 0.5) is 0 Å². The third kappa shape index (κ3) is 4.17. The zero-order chi connectivity index (χ0) is 17.6. The number of rotatable bonds is 6. The summed E-state index contributed by atoms with van der Waals surface area (Å²) in [5.74, 6) is -0.169. The van der Waals surface area contributed by atoms with E-state index in [-0.39, 0.29) is 23.8 Å². The van der Waals surface area contributed by atoms with E-state index in [1.54, 1.807) is 6.07 Å². The van der Waals surface area contributed by atoms with Crippen LogP contribution in [0.2, 0.25) is 0 Å². The van der Waals surface area contributed by atoms with Crippen molar-refractivity contribution in [1.82, 2.24) is 15.3 Å². The molecule has 0 fully saturated rings. The smallest absolute Gasteiger partial charge is 0.269 e. The molecule has 1 amide bonds. The second-order valence-corrected chi connectivity index (χ2v) is 5.50. The van der Waals surface area contributed by atoms with Gasteiger partial charge in [-0.1, -0.05) is 30.3 Å². The molecule has 0 aliphatic heterocycles. The largest absolute Gasteiger partial charge is 0.449 e. The van der Waals surface area contributed by atoms with Crippen LogP contribution in [-0.4, -0.2) is 28.7 Å². The Hall–Kier alpha value is -3.28. The molecule has 2 heterocycles. The molecule has 3 rings (SSSR count). The minimum absolute atomic E-state index is 0.0367. The normalized spacial score (nSPS) is 10.4. The number of oxazole rings is 1. The summed E-state index contributed by atoms with van der Waals surface area (Å²) in [5.41, 5.74) is 2.34. The van der Waals surface area contributed by atoms with Crippen LogP contribution in [0.15, 0.2) is 59.3 Å². The topological polar surface area (TPSA) is 85.1 Å². The van der Waals surface area contributed by atoms with Crippen LogP contribution in [0, 0.1) is 0 Å². The second kappa shape index (κ2) is 7.53. The van der Waals surface area contributed by atoms with Crippen LogP contribution in [0.25, 0.3) is 0 Å². The van der Waals surface area contributed by atoms with Gasteiger partial charge in [-0.25, -0.2) is 9.97 Å². The highest BCUT2D eigenvalue weighted by Crippen LogP contribution is 2.14. The van der Waals surface area contributed by atoms with E-state index < -0.39 is 0 Å². The molecule has 1 aromatic carbocycles. The van der Waals surface area contributed by atoms with E-state index in [2.05, 4.69) is 15.3 Å². The van der Waals surface area contributed by atoms with Crippen molar-refractivity contribution in [3.8, 4) is 0 Å². The number of Topliss-reactive ketones (excluding diaryl/α,β-unsaturated/α-hetero) is 1. The third-order valence-electron chi connectivity index (χ3n) is 3.68. The Kier molecular flexibility index (Phi) is 4.99. The van der Waals surface area contributed by atoms with Gasteiger partial charge in [0.15, 0.2) is 5.78 Å². The first-order chi connectivity index (χ1) is 12.2. The fourth-order valence-corrected chi connectivity index (χ4v) is 2.47. The predicted molar refractivity (Wildman–Crippen MR) is 91.4 cm³/mol. The van der Waals surface area contributed by atoms with Crippen molar-refractivity contribution >= 4 is 11.7 Å². The number of amides is 1. The van der Waals surface area contributed by atoms with E-state index in [1.165, 1.54) is 25.6 Å². The molecule has 0 unspecified atom stereocenters. The van der Waals surface area contributed by atoms with E-state index >= 15 is 0 Å². The molecule has 3 aromatic rings. The van der Waals surface area contributed by atoms with Crippen molar-refractivity contribution < 1.29 is 14.0 Å². The van der Waals surface area contributed by atoms with Gasteiger partial charge in [0.25, 0.3) is 5.91 Å². The molecule has 6 heteroatoms. The van der Waals surface area contributed by atoms with Gasteiger partial charge in [-0.05, 0) is 17.7 Å². The quantitative estimate of drug-likeness (QED) is 0.699. The molecular formula is C19H17N3O3. The maximum Gasteiger partial charge on any atom is 0.269 e. The van der Waals surface area contributed by atoms with Crippen molar-refractivity contribution in [2.45, 2.75) is 12.8 Å². The second-order valence-electron chi connectivity index (χ2n) is 5.50. The molecule has 0 radical (unpaired) electrons. The Morgan fingerprint density at radius 2 is 1.96 bits per heavy atom. The fourth-order valence-electron chi connectivity index (χ4n) is 2.47. The van der Waals surface area contributed by atoms with Crippen molar-refractivity contribution in [3.05, 3.63) is 83.3 Å². The summed E-state index contributed by atoms with van der Waals surface area (Å²) >= 11 is 0. The standard InChI is InChI=1S/C19H17N3O3/c1-20-19(24)16-11-14(17(23)12-18-21-7-8-25-18)10-15(22-16)9-13-5-3-2-4-6-13/h2-8,10-11H,9,12H2,1H3,(H,20,24). The Balaban J connectivity index is 1.92. The van der Waals surface area contributed by atoms with Gasteiger partial charge in [0, 0.05) is 24.7 Å². The van der Waals surface area contributed by atoms with Gasteiger partial charge in [0.1, 0.15) is 12.0 Å². The highest BCUT2D eigenvalue weighted by atomic mass is 16.3. The van der Waals surface area contributed by atoms with Gasteiger partial charge in [0.05, 0.1) is 12.6 Å². The van der Waals surface area contributed by atoms with Crippen LogP contribution >= 0.6 is 0 Å². The zero-order valence-electron chi connectivity index (χ0n) is 13.7. The number of nitrogens with zero attached hydrogens (tertiary/aromatic N) is 2. The molecule has 0 spiro atoms. The summed E-state index contributed by atoms with van der Waals surface area (Å²) in [7, 11) is 1.53. The van der Waals surface area contributed by atoms with Gasteiger partial charge in [-0.3, -0.25) is 9.59 Å². The molecule has 0 saturated carbocycles. The Bertz CT molecular complexity index is 874. The molecule has 0 atom stereocenters. The molecule has 0 aliphatic carbocycles. The first kappa shape index (κ1) is 16.6. The molecule has 1 N–H and O–H groups in total. The van der Waals surface area contributed by atoms with Gasteiger partial charge in [-0.2, -0.15) is 0 Å². The lowest BCUT2D eigenvalue weighted by Crippen LogP contribution is -2.21. The fraction of sp³-hybridized carbons (Fsp3) is 0.158. The molecule has 2 aromatic heterocycles. The number of pyridine rings is 1. The van der Waals surface area contributed by atoms with E-state index in [9.17, 15) is 9.59 Å². The summed E-state index contributed by atoms with van der Waals surface area (Å²) in [4.78, 5) is 32.9. The molecule has 6 nitrogen and oxygen atoms in total. The number of hydrogen-bond acceptors (Lipinski definition) is 5. The lowest BCUT2D eigenvalue weighted by atomic mass is 10.0. The summed E-state index contributed by atoms with van der Waals surface area (Å²) < 4.78 is 5.12. The van der Waals surface area contributed by atoms with E-state index in [0.717, 1.165) is 5.56 Å². The molecule has 25 heavy (non-hydrogen) atoms. The molecule has 126 valence electrons. The maximum atomic E-state index is 12.5. The highest BCUT2D eigenvalue weighted by molar-refractivity contribution is 6.00. The Labute approximate surface area is 144 Å². The number of hydrogen-bond donors (Lipinski definition) is 1. The molecule has 0 aliphatic rings. The average Bonchev–Trinajstić information content (AvgIpc) is 3.14. The van der Waals surface area contributed by atoms with Crippen LogP contribution < -0.4 is 5.32 Å². The van der Waals surface area contributed by atoms with Crippen LogP contribution in [-0.2, 0) is 12.8 Å². The first-order valence-electron chi connectivity index (χ1n) is 7.84. The lowest BCUT2D eigenvalue weighted by Gasteiger charge is -2.08. The van der Waals surface area contributed by atoms with Gasteiger partial charge in [0.2, 0.25) is 5.89 Å². The maximum absolute atomic E-state index is 12.5. The monoisotopic (exact) mass is 335 g/mol. The lowest BCUT2D eigenvalue weighted by molar-refractivity contribution is 0.0958. The Morgan fingerprint density at radius 3 is 2.64 bits per heavy atom. The summed E-state index contributed by atoms with van der Waals surface area (Å²) in [6.07, 6.45) is 3.48. The molecule has 0 bridgehead atoms. The van der Waals surface area contributed by atoms with E-state index in [0.29, 0.717) is 23.6 Å². The van der Waals surface area contributed by atoms with Crippen LogP contribution in [0.1, 0.15) is 38.0 Å². The highest BCUT2D eigenvalue weighted by Gasteiger charge is 2.16. The zero-order valence-corrected chi connectivity index (χ0v) is 13.7. The molecular weight excluding hydrogens is 318 g/mol. The Morgan fingerprint density at radius 1 is 1.16 bits per heavy atom. The van der Waals surface area contributed by atoms with Gasteiger partial charge in [-0.15, -0.1) is 0 Å². The van der Waals surface area contributed by atoms with Crippen LogP contribution in [0.5, 0.6) is 0 Å². The van der Waals surface area contributed by atoms with Crippen molar-refractivity contribution in [1.29, 1.82) is 0 Å². The predicted octanol–water partition coefficient (Wildman–Crippen LogP) is 2.45. The number of carbonyl (C=O) groups is 2. The molecule has 0 saturated heterocycles. The number of nitrogens with one attached hydrogen (secondary N) is 1. The average molecular weight is 335 g/mol. The third-order valence-corrected chi connectivity index (χ3v) is 3.68. The van der Waals surface area contributed by atoms with Crippen molar-refractivity contribution in [3.63, 3.8) is 0 Å². The minimum atomic E-state index is -0.333. The summed E-state index contributed by atoms with van der Waals surface area (Å²) in [6.45, 7) is 0. The van der Waals surface area contributed by atoms with Gasteiger partial charge >= 0.3 is 0 Å². The van der Waals surface area contributed by atoms with Gasteiger partial charge < -0.3 is 9.73 Å². The minimum Gasteiger partial charge on any atom is -0.449 e. The summed E-state index contributed by atoms with van der Waals surface area (Å²) in [5, 5.41) is 2.54. The van der Waals surface area contributed by atoms with Crippen LogP contribution in [0.3, 0.4) is 0 Å². The van der Waals surface area contributed by atoms with E-state index in [1.807, 2.05) is 30.3 Å². The van der Waals surface area contributed by atoms with Crippen molar-refractivity contribution in [2.24, 2.45) is 0 Å². The number of ketones is 1.